The minimum absolute atomic E-state index is 0.575. The van der Waals surface area contributed by atoms with Gasteiger partial charge in [0.05, 0.1) is 32.2 Å². The summed E-state index contributed by atoms with van der Waals surface area (Å²) < 4.78 is 10.6. The Morgan fingerprint density at radius 2 is 1.92 bits per heavy atom. The molecule has 1 aromatic heterocycles. The Hall–Kier alpha value is -2.25. The third-order valence-electron chi connectivity index (χ3n) is 4.48. The molecule has 2 aromatic rings. The van der Waals surface area contributed by atoms with Crippen molar-refractivity contribution in [1.29, 1.82) is 0 Å². The van der Waals surface area contributed by atoms with Crippen molar-refractivity contribution in [1.82, 2.24) is 20.1 Å². The number of methoxy groups -OCH3 is 1. The summed E-state index contributed by atoms with van der Waals surface area (Å²) in [6, 6.07) is 7.77. The fourth-order valence-corrected chi connectivity index (χ4v) is 2.94. The van der Waals surface area contributed by atoms with E-state index >= 15 is 0 Å². The first-order valence-corrected chi connectivity index (χ1v) is 9.23. The molecular weight excluding hydrogens is 330 g/mol. The first-order valence-electron chi connectivity index (χ1n) is 9.23. The maximum absolute atomic E-state index is 5.37. The lowest BCUT2D eigenvalue weighted by Crippen LogP contribution is -2.36. The summed E-state index contributed by atoms with van der Waals surface area (Å²) >= 11 is 0. The van der Waals surface area contributed by atoms with Crippen LogP contribution in [-0.2, 0) is 4.74 Å². The largest absolute Gasteiger partial charge is 0.497 e. The molecule has 0 spiro atoms. The number of hydrogen-bond donors (Lipinski definition) is 1. The minimum Gasteiger partial charge on any atom is -0.497 e. The number of hydrogen-bond acceptors (Lipinski definition) is 7. The van der Waals surface area contributed by atoms with Gasteiger partial charge in [-0.1, -0.05) is 6.42 Å². The van der Waals surface area contributed by atoms with Crippen LogP contribution in [0.3, 0.4) is 0 Å². The lowest BCUT2D eigenvalue weighted by Gasteiger charge is -2.26. The normalized spacial score (nSPS) is 15.0. The Morgan fingerprint density at radius 3 is 2.69 bits per heavy atom. The monoisotopic (exact) mass is 357 g/mol. The molecule has 1 aromatic carbocycles. The number of anilines is 1. The molecule has 0 unspecified atom stereocenters. The smallest absolute Gasteiger partial charge is 0.243 e. The van der Waals surface area contributed by atoms with E-state index in [1.807, 2.05) is 24.3 Å². The maximum Gasteiger partial charge on any atom is 0.243 e. The Labute approximate surface area is 154 Å². The molecule has 1 fully saturated rings. The van der Waals surface area contributed by atoms with Gasteiger partial charge in [0, 0.05) is 25.2 Å². The predicted molar refractivity (Wildman–Crippen MR) is 101 cm³/mol. The second kappa shape index (κ2) is 10.0. The summed E-state index contributed by atoms with van der Waals surface area (Å²) in [5.74, 6) is 1.40. The topological polar surface area (TPSA) is 72.4 Å². The molecule has 1 N–H and O–H groups in total. The molecular formula is C19H27N5O2. The lowest BCUT2D eigenvalue weighted by molar-refractivity contribution is 0.0372. The Kier molecular flexibility index (Phi) is 7.15. The number of morpholine rings is 1. The van der Waals surface area contributed by atoms with Gasteiger partial charge in [-0.25, -0.2) is 4.98 Å². The zero-order valence-electron chi connectivity index (χ0n) is 15.4. The number of rotatable bonds is 9. The van der Waals surface area contributed by atoms with Gasteiger partial charge in [0.1, 0.15) is 5.75 Å². The molecule has 0 bridgehead atoms. The molecule has 0 saturated carbocycles. The van der Waals surface area contributed by atoms with Crippen LogP contribution in [0.25, 0.3) is 11.3 Å². The van der Waals surface area contributed by atoms with Gasteiger partial charge in [-0.05, 0) is 43.7 Å². The summed E-state index contributed by atoms with van der Waals surface area (Å²) in [5, 5.41) is 11.4. The molecule has 7 heteroatoms. The van der Waals surface area contributed by atoms with Gasteiger partial charge in [-0.15, -0.1) is 5.10 Å². The van der Waals surface area contributed by atoms with E-state index in [4.69, 9.17) is 9.47 Å². The van der Waals surface area contributed by atoms with E-state index in [9.17, 15) is 0 Å². The van der Waals surface area contributed by atoms with Gasteiger partial charge < -0.3 is 14.8 Å². The van der Waals surface area contributed by atoms with E-state index in [0.717, 1.165) is 62.8 Å². The second-order valence-electron chi connectivity index (χ2n) is 6.34. The van der Waals surface area contributed by atoms with Crippen LogP contribution in [0.5, 0.6) is 5.75 Å². The number of nitrogens with one attached hydrogen (secondary N) is 1. The van der Waals surface area contributed by atoms with E-state index in [0.29, 0.717) is 5.95 Å². The highest BCUT2D eigenvalue weighted by atomic mass is 16.5. The van der Waals surface area contributed by atoms with Gasteiger partial charge in [0.25, 0.3) is 0 Å². The van der Waals surface area contributed by atoms with Crippen LogP contribution in [0.1, 0.15) is 19.3 Å². The number of ether oxygens (including phenoxy) is 2. The quantitative estimate of drug-likeness (QED) is 0.691. The minimum atomic E-state index is 0.575. The average molecular weight is 357 g/mol. The van der Waals surface area contributed by atoms with Crippen molar-refractivity contribution in [2.75, 3.05) is 51.8 Å². The third-order valence-corrected chi connectivity index (χ3v) is 4.48. The zero-order chi connectivity index (χ0) is 18.0. The number of benzene rings is 1. The molecule has 3 rings (SSSR count). The molecule has 7 nitrogen and oxygen atoms in total. The standard InChI is InChI=1S/C19H27N5O2/c1-25-17-7-5-16(6-8-17)18-15-21-23-19(22-18)20-9-3-2-4-10-24-11-13-26-14-12-24/h5-8,15H,2-4,9-14H2,1H3,(H,20,22,23). The third kappa shape index (κ3) is 5.64. The molecule has 1 aliphatic heterocycles. The summed E-state index contributed by atoms with van der Waals surface area (Å²) in [4.78, 5) is 7.02. The van der Waals surface area contributed by atoms with Crippen molar-refractivity contribution >= 4 is 5.95 Å². The number of aromatic nitrogens is 3. The molecule has 0 atom stereocenters. The van der Waals surface area contributed by atoms with Gasteiger partial charge in [0.15, 0.2) is 0 Å². The molecule has 1 saturated heterocycles. The van der Waals surface area contributed by atoms with Gasteiger partial charge in [-0.3, -0.25) is 4.90 Å². The highest BCUT2D eigenvalue weighted by molar-refractivity contribution is 5.60. The number of unbranched alkanes of at least 4 members (excludes halogenated alkanes) is 2. The van der Waals surface area contributed by atoms with Crippen LogP contribution in [0.15, 0.2) is 30.5 Å². The summed E-state index contributed by atoms with van der Waals surface area (Å²) in [6.45, 7) is 5.89. The van der Waals surface area contributed by atoms with E-state index < -0.39 is 0 Å². The van der Waals surface area contributed by atoms with Crippen molar-refractivity contribution in [3.05, 3.63) is 30.5 Å². The van der Waals surface area contributed by atoms with Crippen LogP contribution < -0.4 is 10.1 Å². The van der Waals surface area contributed by atoms with Crippen LogP contribution in [0, 0.1) is 0 Å². The molecule has 26 heavy (non-hydrogen) atoms. The second-order valence-corrected chi connectivity index (χ2v) is 6.34. The van der Waals surface area contributed by atoms with Crippen molar-refractivity contribution in [3.63, 3.8) is 0 Å². The van der Waals surface area contributed by atoms with Crippen molar-refractivity contribution in [3.8, 4) is 17.0 Å². The fraction of sp³-hybridized carbons (Fsp3) is 0.526. The van der Waals surface area contributed by atoms with Crippen molar-refractivity contribution in [2.45, 2.75) is 19.3 Å². The van der Waals surface area contributed by atoms with Crippen LogP contribution in [-0.4, -0.2) is 66.6 Å². The van der Waals surface area contributed by atoms with Crippen molar-refractivity contribution in [2.24, 2.45) is 0 Å². The van der Waals surface area contributed by atoms with E-state index in [2.05, 4.69) is 25.4 Å². The molecule has 0 amide bonds. The fourth-order valence-electron chi connectivity index (χ4n) is 2.94. The Balaban J connectivity index is 1.39. The predicted octanol–water partition coefficient (Wildman–Crippen LogP) is 2.46. The van der Waals surface area contributed by atoms with E-state index in [1.54, 1.807) is 13.3 Å². The highest BCUT2D eigenvalue weighted by Crippen LogP contribution is 2.20. The molecule has 2 heterocycles. The number of nitrogens with zero attached hydrogens (tertiary/aromatic N) is 4. The average Bonchev–Trinajstić information content (AvgIpc) is 2.72. The van der Waals surface area contributed by atoms with E-state index in [-0.39, 0.29) is 0 Å². The first kappa shape index (κ1) is 18.5. The molecule has 0 aliphatic carbocycles. The molecule has 1 aliphatic rings. The molecule has 0 radical (unpaired) electrons. The van der Waals surface area contributed by atoms with Crippen LogP contribution in [0.4, 0.5) is 5.95 Å². The summed E-state index contributed by atoms with van der Waals surface area (Å²) in [7, 11) is 1.66. The van der Waals surface area contributed by atoms with Crippen molar-refractivity contribution < 1.29 is 9.47 Å². The SMILES string of the molecule is COc1ccc(-c2cnnc(NCCCCCN3CCOCC3)n2)cc1. The molecule has 140 valence electrons. The first-order chi connectivity index (χ1) is 12.8. The van der Waals surface area contributed by atoms with Crippen LogP contribution >= 0.6 is 0 Å². The Morgan fingerprint density at radius 1 is 1.12 bits per heavy atom. The highest BCUT2D eigenvalue weighted by Gasteiger charge is 2.09. The van der Waals surface area contributed by atoms with Crippen LogP contribution in [0.2, 0.25) is 0 Å². The zero-order valence-corrected chi connectivity index (χ0v) is 15.4. The summed E-state index contributed by atoms with van der Waals surface area (Å²) in [5.41, 5.74) is 1.80. The summed E-state index contributed by atoms with van der Waals surface area (Å²) in [6.07, 6.45) is 5.18. The van der Waals surface area contributed by atoms with E-state index in [1.165, 1.54) is 12.8 Å². The van der Waals surface area contributed by atoms with Gasteiger partial charge >= 0.3 is 0 Å². The Bertz CT molecular complexity index is 659. The van der Waals surface area contributed by atoms with Gasteiger partial charge in [0.2, 0.25) is 5.95 Å². The van der Waals surface area contributed by atoms with Gasteiger partial charge in [-0.2, -0.15) is 5.10 Å². The maximum atomic E-state index is 5.37. The lowest BCUT2D eigenvalue weighted by atomic mass is 10.1.